The maximum Gasteiger partial charge on any atom is 0.0641 e. The zero-order valence-electron chi connectivity index (χ0n) is 12.8. The van der Waals surface area contributed by atoms with Crippen LogP contribution in [-0.2, 0) is 13.1 Å². The monoisotopic (exact) mass is 269 g/mol. The highest BCUT2D eigenvalue weighted by Gasteiger charge is 2.25. The van der Waals surface area contributed by atoms with Crippen molar-refractivity contribution in [2.75, 3.05) is 26.8 Å². The van der Waals surface area contributed by atoms with Crippen molar-refractivity contribution in [3.63, 3.8) is 0 Å². The Labute approximate surface area is 115 Å². The summed E-state index contributed by atoms with van der Waals surface area (Å²) in [4.78, 5) is 2.13. The lowest BCUT2D eigenvalue weighted by molar-refractivity contribution is 0.0401. The number of aliphatic hydroxyl groups excluding tert-OH is 2. The summed E-state index contributed by atoms with van der Waals surface area (Å²) in [5.74, 6) is 0. The molecule has 0 saturated carbocycles. The van der Waals surface area contributed by atoms with E-state index < -0.39 is 5.41 Å². The fourth-order valence-electron chi connectivity index (χ4n) is 2.40. The summed E-state index contributed by atoms with van der Waals surface area (Å²) in [6.07, 6.45) is 0. The Hall–Kier alpha value is -0.910. The number of aromatic nitrogens is 2. The standard InChI is InChI=1S/C14H27N3O2/c1-6-17-12(3)13(11(2)15-17)7-16(5)8-14(4,9-18)10-19/h18-19H,6-10H2,1-5H3. The maximum atomic E-state index is 9.35. The quantitative estimate of drug-likeness (QED) is 0.773. The summed E-state index contributed by atoms with van der Waals surface area (Å²) in [7, 11) is 2.01. The van der Waals surface area contributed by atoms with Gasteiger partial charge < -0.3 is 15.1 Å². The molecule has 0 saturated heterocycles. The van der Waals surface area contributed by atoms with Crippen LogP contribution in [0.1, 0.15) is 30.8 Å². The highest BCUT2D eigenvalue weighted by atomic mass is 16.3. The van der Waals surface area contributed by atoms with Crippen molar-refractivity contribution in [2.24, 2.45) is 5.41 Å². The molecule has 0 aliphatic heterocycles. The average Bonchev–Trinajstić information content (AvgIpc) is 2.65. The molecule has 0 spiro atoms. The van der Waals surface area contributed by atoms with Crippen LogP contribution < -0.4 is 0 Å². The van der Waals surface area contributed by atoms with E-state index in [2.05, 4.69) is 23.8 Å². The second-order valence-corrected chi connectivity index (χ2v) is 5.76. The molecule has 0 radical (unpaired) electrons. The first kappa shape index (κ1) is 16.1. The van der Waals surface area contributed by atoms with Gasteiger partial charge in [0.2, 0.25) is 0 Å². The molecule has 0 amide bonds. The van der Waals surface area contributed by atoms with Crippen LogP contribution in [-0.4, -0.2) is 51.7 Å². The molecule has 0 aromatic carbocycles. The molecular formula is C14H27N3O2. The second-order valence-electron chi connectivity index (χ2n) is 5.76. The first-order chi connectivity index (χ1) is 8.86. The zero-order chi connectivity index (χ0) is 14.6. The number of aliphatic hydroxyl groups is 2. The van der Waals surface area contributed by atoms with Crippen LogP contribution in [0.25, 0.3) is 0 Å². The highest BCUT2D eigenvalue weighted by Crippen LogP contribution is 2.19. The van der Waals surface area contributed by atoms with Gasteiger partial charge in [0.1, 0.15) is 0 Å². The summed E-state index contributed by atoms with van der Waals surface area (Å²) in [6.45, 7) is 10.4. The molecule has 1 aromatic heterocycles. The number of hydrogen-bond acceptors (Lipinski definition) is 4. The third-order valence-electron chi connectivity index (χ3n) is 3.67. The summed E-state index contributed by atoms with van der Waals surface area (Å²) >= 11 is 0. The van der Waals surface area contributed by atoms with Crippen molar-refractivity contribution >= 4 is 0 Å². The van der Waals surface area contributed by atoms with E-state index in [1.165, 1.54) is 11.3 Å². The molecule has 0 bridgehead atoms. The Kier molecular flexibility index (Phi) is 5.52. The third-order valence-corrected chi connectivity index (χ3v) is 3.67. The number of hydrogen-bond donors (Lipinski definition) is 2. The van der Waals surface area contributed by atoms with Gasteiger partial charge in [-0.3, -0.25) is 4.68 Å². The van der Waals surface area contributed by atoms with Gasteiger partial charge in [-0.1, -0.05) is 6.92 Å². The Morgan fingerprint density at radius 1 is 1.26 bits per heavy atom. The average molecular weight is 269 g/mol. The number of nitrogens with zero attached hydrogens (tertiary/aromatic N) is 3. The molecule has 5 heteroatoms. The van der Waals surface area contributed by atoms with Gasteiger partial charge in [-0.05, 0) is 27.8 Å². The molecule has 1 rings (SSSR count). The minimum Gasteiger partial charge on any atom is -0.396 e. The Morgan fingerprint density at radius 2 is 1.84 bits per heavy atom. The molecule has 1 aromatic rings. The predicted octanol–water partition coefficient (Wildman–Crippen LogP) is 0.943. The lowest BCUT2D eigenvalue weighted by Crippen LogP contribution is -2.38. The van der Waals surface area contributed by atoms with Crippen LogP contribution in [0.2, 0.25) is 0 Å². The van der Waals surface area contributed by atoms with Crippen LogP contribution in [0.5, 0.6) is 0 Å². The van der Waals surface area contributed by atoms with Crippen LogP contribution in [0, 0.1) is 19.3 Å². The zero-order valence-corrected chi connectivity index (χ0v) is 12.8. The third kappa shape index (κ3) is 3.78. The van der Waals surface area contributed by atoms with Crippen molar-refractivity contribution in [3.8, 4) is 0 Å². The van der Waals surface area contributed by atoms with Gasteiger partial charge in [0.05, 0.1) is 18.9 Å². The first-order valence-electron chi connectivity index (χ1n) is 6.80. The summed E-state index contributed by atoms with van der Waals surface area (Å²) in [6, 6.07) is 0. The molecule has 0 unspecified atom stereocenters. The molecule has 2 N–H and O–H groups in total. The van der Waals surface area contributed by atoms with Crippen molar-refractivity contribution in [2.45, 2.75) is 40.8 Å². The molecule has 0 fully saturated rings. The van der Waals surface area contributed by atoms with Gasteiger partial charge in [-0.25, -0.2) is 0 Å². The molecule has 0 aliphatic carbocycles. The van der Waals surface area contributed by atoms with Gasteiger partial charge in [-0.2, -0.15) is 5.10 Å². The lowest BCUT2D eigenvalue weighted by atomic mass is 9.92. The highest BCUT2D eigenvalue weighted by molar-refractivity contribution is 5.24. The van der Waals surface area contributed by atoms with Crippen molar-refractivity contribution in [1.82, 2.24) is 14.7 Å². The van der Waals surface area contributed by atoms with Gasteiger partial charge in [0.25, 0.3) is 0 Å². The Bertz CT molecular complexity index is 411. The molecular weight excluding hydrogens is 242 g/mol. The lowest BCUT2D eigenvalue weighted by Gasteiger charge is -2.30. The van der Waals surface area contributed by atoms with Crippen molar-refractivity contribution < 1.29 is 10.2 Å². The van der Waals surface area contributed by atoms with E-state index in [-0.39, 0.29) is 13.2 Å². The van der Waals surface area contributed by atoms with Gasteiger partial charge >= 0.3 is 0 Å². The number of aryl methyl sites for hydroxylation is 2. The second kappa shape index (κ2) is 6.50. The molecule has 1 heterocycles. The minimum atomic E-state index is -0.461. The smallest absolute Gasteiger partial charge is 0.0641 e. The van der Waals surface area contributed by atoms with E-state index in [0.717, 1.165) is 18.8 Å². The normalized spacial score (nSPS) is 12.4. The van der Waals surface area contributed by atoms with E-state index in [9.17, 15) is 10.2 Å². The Morgan fingerprint density at radius 3 is 2.26 bits per heavy atom. The maximum absolute atomic E-state index is 9.35. The first-order valence-corrected chi connectivity index (χ1v) is 6.80. The summed E-state index contributed by atoms with van der Waals surface area (Å²) in [5, 5.41) is 23.2. The van der Waals surface area contributed by atoms with Crippen molar-refractivity contribution in [1.29, 1.82) is 0 Å². The number of rotatable bonds is 7. The predicted molar refractivity (Wildman–Crippen MR) is 76.0 cm³/mol. The largest absolute Gasteiger partial charge is 0.396 e. The summed E-state index contributed by atoms with van der Waals surface area (Å²) in [5.41, 5.74) is 3.03. The SMILES string of the molecule is CCn1nc(C)c(CN(C)CC(C)(CO)CO)c1C. The van der Waals surface area contributed by atoms with Crippen LogP contribution >= 0.6 is 0 Å². The molecule has 0 atom stereocenters. The van der Waals surface area contributed by atoms with E-state index in [1.54, 1.807) is 0 Å². The van der Waals surface area contributed by atoms with Crippen LogP contribution in [0.4, 0.5) is 0 Å². The van der Waals surface area contributed by atoms with E-state index in [0.29, 0.717) is 6.54 Å². The topological polar surface area (TPSA) is 61.5 Å². The van der Waals surface area contributed by atoms with E-state index in [1.807, 2.05) is 25.6 Å². The van der Waals surface area contributed by atoms with E-state index in [4.69, 9.17) is 0 Å². The van der Waals surface area contributed by atoms with Crippen LogP contribution in [0.15, 0.2) is 0 Å². The van der Waals surface area contributed by atoms with Crippen molar-refractivity contribution in [3.05, 3.63) is 17.0 Å². The molecule has 5 nitrogen and oxygen atoms in total. The van der Waals surface area contributed by atoms with Gasteiger partial charge in [0.15, 0.2) is 0 Å². The Balaban J connectivity index is 2.77. The van der Waals surface area contributed by atoms with Gasteiger partial charge in [-0.15, -0.1) is 0 Å². The molecule has 19 heavy (non-hydrogen) atoms. The molecule has 0 aliphatic rings. The summed E-state index contributed by atoms with van der Waals surface area (Å²) < 4.78 is 2.01. The fraction of sp³-hybridized carbons (Fsp3) is 0.786. The minimum absolute atomic E-state index is 0.0139. The fourth-order valence-corrected chi connectivity index (χ4v) is 2.40. The van der Waals surface area contributed by atoms with Crippen LogP contribution in [0.3, 0.4) is 0 Å². The molecule has 110 valence electrons. The van der Waals surface area contributed by atoms with E-state index >= 15 is 0 Å². The van der Waals surface area contributed by atoms with Gasteiger partial charge in [0, 0.05) is 36.3 Å².